The zero-order chi connectivity index (χ0) is 20.1. The second kappa shape index (κ2) is 6.99. The summed E-state index contributed by atoms with van der Waals surface area (Å²) in [6.45, 7) is 6.97. The molecule has 0 saturated carbocycles. The van der Waals surface area contributed by atoms with Crippen LogP contribution < -0.4 is 15.4 Å². The summed E-state index contributed by atoms with van der Waals surface area (Å²) in [6.07, 6.45) is 3.97. The molecule has 2 heterocycles. The highest BCUT2D eigenvalue weighted by molar-refractivity contribution is 7.16. The van der Waals surface area contributed by atoms with Crippen molar-refractivity contribution in [3.8, 4) is 11.5 Å². The second-order valence-electron chi connectivity index (χ2n) is 8.47. The lowest BCUT2D eigenvalue weighted by molar-refractivity contribution is 0.0934. The highest BCUT2D eigenvalue weighted by Gasteiger charge is 2.37. The predicted octanol–water partition coefficient (Wildman–Crippen LogP) is 4.86. The number of anilines is 1. The molecule has 0 radical (unpaired) electrons. The number of nitrogens with one attached hydrogen (secondary N) is 2. The summed E-state index contributed by atoms with van der Waals surface area (Å²) in [5.41, 5.74) is 3.17. The SMILES string of the molecule is CCC(C)(C)[C@H]1CCc2c(sc3c2C(=O)N[C@@H](c2ccc(OC)c(O)c2)N3)C1. The van der Waals surface area contributed by atoms with Gasteiger partial charge in [0.25, 0.3) is 5.91 Å². The Morgan fingerprint density at radius 1 is 1.32 bits per heavy atom. The maximum Gasteiger partial charge on any atom is 0.256 e. The number of methoxy groups -OCH3 is 1. The van der Waals surface area contributed by atoms with Gasteiger partial charge in [-0.15, -0.1) is 11.3 Å². The van der Waals surface area contributed by atoms with Gasteiger partial charge in [-0.2, -0.15) is 0 Å². The second-order valence-corrected chi connectivity index (χ2v) is 9.58. The molecule has 0 unspecified atom stereocenters. The minimum atomic E-state index is -0.361. The van der Waals surface area contributed by atoms with Gasteiger partial charge in [-0.1, -0.05) is 33.3 Å². The zero-order valence-corrected chi connectivity index (χ0v) is 17.7. The first kappa shape index (κ1) is 19.1. The van der Waals surface area contributed by atoms with E-state index >= 15 is 0 Å². The Hall–Kier alpha value is -2.21. The Balaban J connectivity index is 1.62. The molecule has 1 aliphatic carbocycles. The molecule has 2 atom stereocenters. The van der Waals surface area contributed by atoms with Crippen LogP contribution in [0.3, 0.4) is 0 Å². The molecule has 3 N–H and O–H groups in total. The number of benzene rings is 1. The lowest BCUT2D eigenvalue weighted by Gasteiger charge is -2.36. The van der Waals surface area contributed by atoms with E-state index in [1.54, 1.807) is 23.5 Å². The quantitative estimate of drug-likeness (QED) is 0.686. The van der Waals surface area contributed by atoms with Gasteiger partial charge in [-0.3, -0.25) is 4.79 Å². The van der Waals surface area contributed by atoms with E-state index in [9.17, 15) is 9.90 Å². The van der Waals surface area contributed by atoms with Crippen molar-refractivity contribution >= 4 is 22.2 Å². The average Bonchev–Trinajstić information content (AvgIpc) is 3.05. The molecule has 0 bridgehead atoms. The van der Waals surface area contributed by atoms with Crippen LogP contribution in [0, 0.1) is 11.3 Å². The number of amides is 1. The highest BCUT2D eigenvalue weighted by Crippen LogP contribution is 2.47. The molecule has 28 heavy (non-hydrogen) atoms. The number of hydrogen-bond donors (Lipinski definition) is 3. The smallest absolute Gasteiger partial charge is 0.256 e. The van der Waals surface area contributed by atoms with Crippen LogP contribution in [-0.2, 0) is 12.8 Å². The van der Waals surface area contributed by atoms with Crippen LogP contribution in [0.4, 0.5) is 5.00 Å². The third kappa shape index (κ3) is 3.13. The van der Waals surface area contributed by atoms with E-state index in [4.69, 9.17) is 4.74 Å². The zero-order valence-electron chi connectivity index (χ0n) is 16.9. The molecule has 150 valence electrons. The molecule has 1 amide bonds. The summed E-state index contributed by atoms with van der Waals surface area (Å²) in [4.78, 5) is 14.3. The molecule has 1 aromatic carbocycles. The van der Waals surface area contributed by atoms with Crippen LogP contribution in [0.1, 0.15) is 66.1 Å². The summed E-state index contributed by atoms with van der Waals surface area (Å²) >= 11 is 1.72. The Labute approximate surface area is 170 Å². The first-order valence-electron chi connectivity index (χ1n) is 9.93. The highest BCUT2D eigenvalue weighted by atomic mass is 32.1. The van der Waals surface area contributed by atoms with Gasteiger partial charge in [0.15, 0.2) is 11.5 Å². The summed E-state index contributed by atoms with van der Waals surface area (Å²) in [5, 5.41) is 17.5. The summed E-state index contributed by atoms with van der Waals surface area (Å²) in [6, 6.07) is 5.20. The molecule has 0 fully saturated rings. The number of carbonyl (C=O) groups is 1. The van der Waals surface area contributed by atoms with Gasteiger partial charge in [0.05, 0.1) is 12.7 Å². The number of fused-ring (bicyclic) bond motifs is 3. The topological polar surface area (TPSA) is 70.6 Å². The van der Waals surface area contributed by atoms with Crippen LogP contribution >= 0.6 is 11.3 Å². The molecule has 6 heteroatoms. The Kier molecular flexibility index (Phi) is 4.78. The number of phenolic OH excluding ortho intramolecular Hbond substituents is 1. The molecule has 4 rings (SSSR count). The van der Waals surface area contributed by atoms with Gasteiger partial charge in [-0.05, 0) is 53.9 Å². The van der Waals surface area contributed by atoms with E-state index in [0.717, 1.165) is 35.4 Å². The third-order valence-electron chi connectivity index (χ3n) is 6.60. The maximum atomic E-state index is 12.9. The lowest BCUT2D eigenvalue weighted by Crippen LogP contribution is -2.38. The fourth-order valence-electron chi connectivity index (χ4n) is 4.31. The minimum absolute atomic E-state index is 0.0280. The monoisotopic (exact) mass is 400 g/mol. The standard InChI is InChI=1S/C22H28N2O3S/c1-5-22(2,3)13-7-8-14-17(11-13)28-21-18(14)20(26)23-19(24-21)12-6-9-16(27-4)15(25)10-12/h6,9-10,13,19,24-25H,5,7-8,11H2,1-4H3,(H,23,26)/t13-,19+/m0/s1. The van der Waals surface area contributed by atoms with Crippen LogP contribution in [0.25, 0.3) is 0 Å². The van der Waals surface area contributed by atoms with Gasteiger partial charge in [-0.25, -0.2) is 0 Å². The van der Waals surface area contributed by atoms with E-state index in [0.29, 0.717) is 17.1 Å². The van der Waals surface area contributed by atoms with Crippen molar-refractivity contribution < 1.29 is 14.6 Å². The molecule has 1 aliphatic heterocycles. The largest absolute Gasteiger partial charge is 0.504 e. The van der Waals surface area contributed by atoms with Gasteiger partial charge in [0.1, 0.15) is 11.2 Å². The lowest BCUT2D eigenvalue weighted by atomic mass is 9.69. The van der Waals surface area contributed by atoms with Crippen LogP contribution in [0.15, 0.2) is 18.2 Å². The summed E-state index contributed by atoms with van der Waals surface area (Å²) < 4.78 is 5.11. The van der Waals surface area contributed by atoms with Crippen molar-refractivity contribution in [1.82, 2.24) is 5.32 Å². The molecule has 1 aromatic heterocycles. The molecule has 2 aromatic rings. The number of rotatable bonds is 4. The number of carbonyl (C=O) groups excluding carboxylic acids is 1. The van der Waals surface area contributed by atoms with E-state index in [1.165, 1.54) is 24.0 Å². The van der Waals surface area contributed by atoms with Crippen molar-refractivity contribution in [1.29, 1.82) is 0 Å². The van der Waals surface area contributed by atoms with Gasteiger partial charge in [0, 0.05) is 4.88 Å². The minimum Gasteiger partial charge on any atom is -0.504 e. The normalized spacial score (nSPS) is 21.4. The van der Waals surface area contributed by atoms with Crippen molar-refractivity contribution in [2.24, 2.45) is 11.3 Å². The van der Waals surface area contributed by atoms with Crippen LogP contribution in [-0.4, -0.2) is 18.1 Å². The van der Waals surface area contributed by atoms with Gasteiger partial charge < -0.3 is 20.5 Å². The first-order valence-corrected chi connectivity index (χ1v) is 10.7. The molecule has 5 nitrogen and oxygen atoms in total. The number of aromatic hydroxyl groups is 1. The molecule has 0 spiro atoms. The number of thiophene rings is 1. The Morgan fingerprint density at radius 2 is 2.11 bits per heavy atom. The van der Waals surface area contributed by atoms with Crippen molar-refractivity contribution in [3.05, 3.63) is 39.8 Å². The Bertz CT molecular complexity index is 919. The maximum absolute atomic E-state index is 12.9. The van der Waals surface area contributed by atoms with Crippen molar-refractivity contribution in [2.75, 3.05) is 12.4 Å². The first-order chi connectivity index (χ1) is 13.3. The van der Waals surface area contributed by atoms with Crippen molar-refractivity contribution in [3.63, 3.8) is 0 Å². The van der Waals surface area contributed by atoms with Crippen LogP contribution in [0.5, 0.6) is 11.5 Å². The fourth-order valence-corrected chi connectivity index (χ4v) is 5.66. The van der Waals surface area contributed by atoms with E-state index < -0.39 is 0 Å². The molecular weight excluding hydrogens is 372 g/mol. The number of ether oxygens (including phenoxy) is 1. The molecular formula is C22H28N2O3S. The number of hydrogen-bond acceptors (Lipinski definition) is 5. The number of phenols is 1. The Morgan fingerprint density at radius 3 is 2.79 bits per heavy atom. The van der Waals surface area contributed by atoms with Gasteiger partial charge >= 0.3 is 0 Å². The van der Waals surface area contributed by atoms with E-state index in [2.05, 4.69) is 31.4 Å². The predicted molar refractivity (Wildman–Crippen MR) is 112 cm³/mol. The molecule has 0 saturated heterocycles. The summed E-state index contributed by atoms with van der Waals surface area (Å²) in [7, 11) is 1.52. The fraction of sp³-hybridized carbons (Fsp3) is 0.500. The summed E-state index contributed by atoms with van der Waals surface area (Å²) in [5.74, 6) is 1.11. The van der Waals surface area contributed by atoms with Crippen molar-refractivity contribution in [2.45, 2.75) is 52.6 Å². The van der Waals surface area contributed by atoms with E-state index in [1.807, 2.05) is 6.07 Å². The van der Waals surface area contributed by atoms with E-state index in [-0.39, 0.29) is 17.8 Å². The van der Waals surface area contributed by atoms with Gasteiger partial charge in [0.2, 0.25) is 0 Å². The third-order valence-corrected chi connectivity index (χ3v) is 7.78. The average molecular weight is 401 g/mol. The van der Waals surface area contributed by atoms with Crippen LogP contribution in [0.2, 0.25) is 0 Å². The molecule has 2 aliphatic rings.